The summed E-state index contributed by atoms with van der Waals surface area (Å²) in [5, 5.41) is 14.4. The van der Waals surface area contributed by atoms with Crippen molar-refractivity contribution in [3.63, 3.8) is 0 Å². The van der Waals surface area contributed by atoms with E-state index >= 15 is 0 Å². The third kappa shape index (κ3) is 5.23. The maximum absolute atomic E-state index is 10.8. The molecule has 0 aliphatic heterocycles. The van der Waals surface area contributed by atoms with Crippen molar-refractivity contribution in [1.29, 1.82) is 0 Å². The van der Waals surface area contributed by atoms with Crippen molar-refractivity contribution < 1.29 is 9.84 Å². The highest BCUT2D eigenvalue weighted by Gasteiger charge is 2.22. The van der Waals surface area contributed by atoms with Crippen LogP contribution in [0.15, 0.2) is 48.5 Å². The maximum atomic E-state index is 10.8. The van der Waals surface area contributed by atoms with E-state index in [0.29, 0.717) is 23.9 Å². The van der Waals surface area contributed by atoms with E-state index in [-0.39, 0.29) is 0 Å². The van der Waals surface area contributed by atoms with Crippen molar-refractivity contribution in [2.45, 2.75) is 64.8 Å². The molecule has 4 heteroatoms. The molecule has 0 bridgehead atoms. The van der Waals surface area contributed by atoms with Gasteiger partial charge in [0.15, 0.2) is 0 Å². The van der Waals surface area contributed by atoms with E-state index in [2.05, 4.69) is 49.5 Å². The van der Waals surface area contributed by atoms with E-state index < -0.39 is 0 Å². The molecule has 1 aliphatic rings. The highest BCUT2D eigenvalue weighted by Crippen LogP contribution is 2.43. The van der Waals surface area contributed by atoms with Crippen LogP contribution in [0.25, 0.3) is 11.1 Å². The van der Waals surface area contributed by atoms with Crippen molar-refractivity contribution in [3.05, 3.63) is 76.3 Å². The number of hydrogen-bond acceptors (Lipinski definition) is 4. The molecule has 3 aromatic rings. The predicted molar refractivity (Wildman–Crippen MR) is 142 cm³/mol. The molecule has 4 N–H and O–H groups in total. The summed E-state index contributed by atoms with van der Waals surface area (Å²) < 4.78 is 5.69. The Balaban J connectivity index is 1.61. The number of phenols is 1. The summed E-state index contributed by atoms with van der Waals surface area (Å²) in [6, 6.07) is 17.2. The number of nitrogen functional groups attached to an aromatic ring is 1. The molecule has 3 aromatic carbocycles. The molecule has 4 rings (SSSR count). The number of rotatable bonds is 9. The average Bonchev–Trinajstić information content (AvgIpc) is 2.86. The third-order valence-electron chi connectivity index (χ3n) is 7.24. The molecule has 4 nitrogen and oxygen atoms in total. The summed E-state index contributed by atoms with van der Waals surface area (Å²) in [6.07, 6.45) is 7.23. The largest absolute Gasteiger partial charge is 0.507 e. The van der Waals surface area contributed by atoms with E-state index in [9.17, 15) is 5.11 Å². The van der Waals surface area contributed by atoms with Gasteiger partial charge in [-0.25, -0.2) is 0 Å². The van der Waals surface area contributed by atoms with E-state index in [1.54, 1.807) is 7.11 Å². The molecule has 0 fully saturated rings. The first-order chi connectivity index (χ1) is 16.5. The first-order valence-electron chi connectivity index (χ1n) is 12.6. The van der Waals surface area contributed by atoms with Gasteiger partial charge < -0.3 is 20.9 Å². The van der Waals surface area contributed by atoms with E-state index in [4.69, 9.17) is 10.5 Å². The molecule has 0 aromatic heterocycles. The van der Waals surface area contributed by atoms with Crippen molar-refractivity contribution in [1.82, 2.24) is 5.32 Å². The number of fused-ring (bicyclic) bond motifs is 1. The fraction of sp³-hybridized carbons (Fsp3) is 0.400. The molecule has 0 heterocycles. The third-order valence-corrected chi connectivity index (χ3v) is 7.24. The maximum Gasteiger partial charge on any atom is 0.124 e. The molecular weight excluding hydrogens is 420 g/mol. The highest BCUT2D eigenvalue weighted by molar-refractivity contribution is 5.86. The van der Waals surface area contributed by atoms with Crippen LogP contribution in [0.3, 0.4) is 0 Å². The highest BCUT2D eigenvalue weighted by atomic mass is 16.5. The van der Waals surface area contributed by atoms with Crippen LogP contribution in [0.4, 0.5) is 5.69 Å². The molecule has 1 unspecified atom stereocenters. The van der Waals surface area contributed by atoms with Crippen LogP contribution in [0.5, 0.6) is 11.5 Å². The van der Waals surface area contributed by atoms with E-state index in [1.807, 2.05) is 18.2 Å². The van der Waals surface area contributed by atoms with Gasteiger partial charge in [0.2, 0.25) is 0 Å². The van der Waals surface area contributed by atoms with Crippen molar-refractivity contribution >= 4 is 5.69 Å². The Morgan fingerprint density at radius 2 is 1.74 bits per heavy atom. The fourth-order valence-corrected chi connectivity index (χ4v) is 4.99. The molecule has 0 radical (unpaired) electrons. The first kappa shape index (κ1) is 24.2. The van der Waals surface area contributed by atoms with Crippen LogP contribution in [0.2, 0.25) is 0 Å². The molecule has 0 amide bonds. The second kappa shape index (κ2) is 11.0. The normalized spacial score (nSPS) is 14.0. The van der Waals surface area contributed by atoms with E-state index in [0.717, 1.165) is 61.1 Å². The van der Waals surface area contributed by atoms with Gasteiger partial charge in [0, 0.05) is 34.8 Å². The van der Waals surface area contributed by atoms with Gasteiger partial charge in [-0.1, -0.05) is 37.3 Å². The van der Waals surface area contributed by atoms with Crippen LogP contribution in [-0.4, -0.2) is 24.8 Å². The molecule has 1 aliphatic carbocycles. The first-order valence-corrected chi connectivity index (χ1v) is 12.6. The summed E-state index contributed by atoms with van der Waals surface area (Å²) in [5.41, 5.74) is 15.3. The summed E-state index contributed by atoms with van der Waals surface area (Å²) in [5.74, 6) is 1.09. The zero-order valence-corrected chi connectivity index (χ0v) is 20.8. The van der Waals surface area contributed by atoms with Gasteiger partial charge in [0.25, 0.3) is 0 Å². The van der Waals surface area contributed by atoms with Crippen molar-refractivity contribution in [2.24, 2.45) is 0 Å². The van der Waals surface area contributed by atoms with Crippen LogP contribution < -0.4 is 15.8 Å². The van der Waals surface area contributed by atoms with Gasteiger partial charge in [0.05, 0.1) is 7.11 Å². The van der Waals surface area contributed by atoms with Crippen molar-refractivity contribution in [2.75, 3.05) is 19.4 Å². The minimum absolute atomic E-state index is 0.304. The number of aromatic hydroxyl groups is 1. The van der Waals surface area contributed by atoms with Gasteiger partial charge in [-0.2, -0.15) is 0 Å². The van der Waals surface area contributed by atoms with Crippen LogP contribution in [0, 0.1) is 0 Å². The summed E-state index contributed by atoms with van der Waals surface area (Å²) >= 11 is 0. The number of nitrogens with one attached hydrogen (secondary N) is 1. The van der Waals surface area contributed by atoms with Gasteiger partial charge >= 0.3 is 0 Å². The van der Waals surface area contributed by atoms with Crippen LogP contribution >= 0.6 is 0 Å². The number of aryl methyl sites for hydroxylation is 1. The topological polar surface area (TPSA) is 67.5 Å². The summed E-state index contributed by atoms with van der Waals surface area (Å²) in [4.78, 5) is 0. The second-order valence-electron chi connectivity index (χ2n) is 9.52. The second-order valence-corrected chi connectivity index (χ2v) is 9.52. The molecular formula is C30H38N2O2. The SMILES string of the molecule is CCC(C)NCCc1ccc(Cc2c(OC)ccc(-c3c(O)ccc4c3CCCC4)c2N)cc1. The molecule has 1 atom stereocenters. The number of hydrogen-bond donors (Lipinski definition) is 3. The lowest BCUT2D eigenvalue weighted by molar-refractivity contribution is 0.411. The van der Waals surface area contributed by atoms with Crippen LogP contribution in [-0.2, 0) is 25.7 Å². The minimum Gasteiger partial charge on any atom is -0.507 e. The van der Waals surface area contributed by atoms with Gasteiger partial charge in [-0.3, -0.25) is 0 Å². The lowest BCUT2D eigenvalue weighted by atomic mass is 9.84. The molecule has 180 valence electrons. The Hall–Kier alpha value is -2.98. The van der Waals surface area contributed by atoms with Gasteiger partial charge in [0.1, 0.15) is 11.5 Å². The Bertz CT molecular complexity index is 1120. The standard InChI is InChI=1S/C30H38N2O2/c1-4-20(2)32-18-17-21-9-11-22(12-10-21)19-26-28(34-3)16-14-25(30(26)31)29-24-8-6-5-7-23(24)13-15-27(29)33/h9-16,20,32-33H,4-8,17-19,31H2,1-3H3. The summed E-state index contributed by atoms with van der Waals surface area (Å²) in [7, 11) is 1.69. The number of nitrogens with two attached hydrogens (primary N) is 1. The number of ether oxygens (including phenoxy) is 1. The Kier molecular flexibility index (Phi) is 7.79. The number of benzene rings is 3. The molecule has 0 saturated heterocycles. The molecule has 34 heavy (non-hydrogen) atoms. The van der Waals surface area contributed by atoms with Gasteiger partial charge in [-0.15, -0.1) is 0 Å². The molecule has 0 spiro atoms. The molecule has 0 saturated carbocycles. The fourth-order valence-electron chi connectivity index (χ4n) is 4.99. The number of phenolic OH excluding ortho intramolecular Hbond substituents is 1. The lowest BCUT2D eigenvalue weighted by Crippen LogP contribution is -2.27. The predicted octanol–water partition coefficient (Wildman–Crippen LogP) is 6.05. The van der Waals surface area contributed by atoms with E-state index in [1.165, 1.54) is 28.7 Å². The average molecular weight is 459 g/mol. The smallest absolute Gasteiger partial charge is 0.124 e. The number of methoxy groups -OCH3 is 1. The van der Waals surface area contributed by atoms with Gasteiger partial charge in [-0.05, 0) is 92.4 Å². The zero-order chi connectivity index (χ0) is 24.1. The Morgan fingerprint density at radius 3 is 2.47 bits per heavy atom. The Morgan fingerprint density at radius 1 is 1.00 bits per heavy atom. The lowest BCUT2D eigenvalue weighted by Gasteiger charge is -2.23. The van der Waals surface area contributed by atoms with Crippen LogP contribution in [0.1, 0.15) is 60.9 Å². The minimum atomic E-state index is 0.304. The van der Waals surface area contributed by atoms with Crippen molar-refractivity contribution in [3.8, 4) is 22.6 Å². The quantitative estimate of drug-likeness (QED) is 0.342. The zero-order valence-electron chi connectivity index (χ0n) is 20.8. The summed E-state index contributed by atoms with van der Waals surface area (Å²) in [6.45, 7) is 5.41. The monoisotopic (exact) mass is 458 g/mol. The Labute approximate surface area is 204 Å². The number of anilines is 1.